The van der Waals surface area contributed by atoms with Gasteiger partial charge in [-0.05, 0) is 37.5 Å². The molecule has 0 radical (unpaired) electrons. The van der Waals surface area contributed by atoms with E-state index in [1.165, 1.54) is 18.4 Å². The standard InChI is InChI=1S/C16H28O/c1-12-8-7-9-14(16(12,5)6)10-11-15(3,4)13(2)17/h10-11,13-14,17H,1,7-9H2,2-6H3. The minimum absolute atomic E-state index is 0.144. The van der Waals surface area contributed by atoms with Gasteiger partial charge in [-0.25, -0.2) is 0 Å². The van der Waals surface area contributed by atoms with Crippen LogP contribution in [0.4, 0.5) is 0 Å². The van der Waals surface area contributed by atoms with Gasteiger partial charge in [-0.1, -0.05) is 52.0 Å². The van der Waals surface area contributed by atoms with Crippen LogP contribution in [-0.4, -0.2) is 11.2 Å². The molecule has 1 aliphatic rings. The zero-order chi connectivity index (χ0) is 13.3. The summed E-state index contributed by atoms with van der Waals surface area (Å²) in [4.78, 5) is 0. The van der Waals surface area contributed by atoms with E-state index in [-0.39, 0.29) is 16.9 Å². The average Bonchev–Trinajstić information content (AvgIpc) is 2.20. The molecule has 0 amide bonds. The van der Waals surface area contributed by atoms with Gasteiger partial charge in [0.05, 0.1) is 6.10 Å². The number of allylic oxidation sites excluding steroid dienone is 2. The van der Waals surface area contributed by atoms with Gasteiger partial charge in [0.1, 0.15) is 0 Å². The van der Waals surface area contributed by atoms with Crippen LogP contribution in [0.15, 0.2) is 24.3 Å². The van der Waals surface area contributed by atoms with Gasteiger partial charge in [-0.15, -0.1) is 0 Å². The summed E-state index contributed by atoms with van der Waals surface area (Å²) < 4.78 is 0. The summed E-state index contributed by atoms with van der Waals surface area (Å²) in [6, 6.07) is 0. The zero-order valence-corrected chi connectivity index (χ0v) is 12.1. The van der Waals surface area contributed by atoms with Crippen LogP contribution in [0.25, 0.3) is 0 Å². The van der Waals surface area contributed by atoms with E-state index in [4.69, 9.17) is 0 Å². The van der Waals surface area contributed by atoms with Gasteiger partial charge in [-0.2, -0.15) is 0 Å². The van der Waals surface area contributed by atoms with E-state index in [0.717, 1.165) is 6.42 Å². The predicted molar refractivity (Wildman–Crippen MR) is 74.9 cm³/mol. The summed E-state index contributed by atoms with van der Waals surface area (Å²) in [5, 5.41) is 9.72. The third-order valence-corrected chi connectivity index (χ3v) is 4.67. The maximum atomic E-state index is 9.72. The Morgan fingerprint density at radius 2 is 2.06 bits per heavy atom. The van der Waals surface area contributed by atoms with Crippen molar-refractivity contribution < 1.29 is 5.11 Å². The molecule has 0 aromatic rings. The minimum Gasteiger partial charge on any atom is -0.393 e. The first-order valence-corrected chi connectivity index (χ1v) is 6.73. The lowest BCUT2D eigenvalue weighted by atomic mass is 9.65. The Balaban J connectivity index is 2.80. The van der Waals surface area contributed by atoms with E-state index in [2.05, 4.69) is 46.4 Å². The molecule has 2 atom stereocenters. The van der Waals surface area contributed by atoms with Crippen LogP contribution in [0.3, 0.4) is 0 Å². The van der Waals surface area contributed by atoms with Crippen molar-refractivity contribution in [2.24, 2.45) is 16.7 Å². The Morgan fingerprint density at radius 1 is 1.47 bits per heavy atom. The first-order chi connectivity index (χ1) is 7.68. The van der Waals surface area contributed by atoms with Crippen LogP contribution < -0.4 is 0 Å². The number of hydrogen-bond acceptors (Lipinski definition) is 1. The Bertz CT molecular complexity index is 307. The van der Waals surface area contributed by atoms with Gasteiger partial charge < -0.3 is 5.11 Å². The van der Waals surface area contributed by atoms with E-state index < -0.39 is 0 Å². The molecule has 1 rings (SSSR count). The molecule has 1 aliphatic carbocycles. The molecule has 0 heterocycles. The molecule has 0 aromatic carbocycles. The van der Waals surface area contributed by atoms with E-state index in [0.29, 0.717) is 5.92 Å². The topological polar surface area (TPSA) is 20.2 Å². The number of aliphatic hydroxyl groups is 1. The largest absolute Gasteiger partial charge is 0.393 e. The Kier molecular flexibility index (Phi) is 4.24. The first-order valence-electron chi connectivity index (χ1n) is 6.73. The zero-order valence-electron chi connectivity index (χ0n) is 12.1. The molecule has 0 saturated heterocycles. The van der Waals surface area contributed by atoms with Crippen molar-refractivity contribution >= 4 is 0 Å². The molecule has 0 aromatic heterocycles. The third-order valence-electron chi connectivity index (χ3n) is 4.67. The second kappa shape index (κ2) is 4.97. The molecule has 17 heavy (non-hydrogen) atoms. The van der Waals surface area contributed by atoms with Crippen molar-refractivity contribution in [1.29, 1.82) is 0 Å². The van der Waals surface area contributed by atoms with E-state index in [9.17, 15) is 5.11 Å². The Hall–Kier alpha value is -0.560. The molecule has 1 nitrogen and oxygen atoms in total. The van der Waals surface area contributed by atoms with Gasteiger partial charge in [0.15, 0.2) is 0 Å². The summed E-state index contributed by atoms with van der Waals surface area (Å²) in [7, 11) is 0. The quantitative estimate of drug-likeness (QED) is 0.723. The molecule has 0 spiro atoms. The lowest BCUT2D eigenvalue weighted by Crippen LogP contribution is -2.30. The number of hydrogen-bond donors (Lipinski definition) is 1. The molecule has 1 N–H and O–H groups in total. The summed E-state index contributed by atoms with van der Waals surface area (Å²) in [6.45, 7) is 14.8. The predicted octanol–water partition coefficient (Wildman–Crippen LogP) is 4.33. The highest BCUT2D eigenvalue weighted by Gasteiger charge is 2.34. The van der Waals surface area contributed by atoms with Crippen LogP contribution in [-0.2, 0) is 0 Å². The van der Waals surface area contributed by atoms with E-state index >= 15 is 0 Å². The van der Waals surface area contributed by atoms with Crippen molar-refractivity contribution in [3.63, 3.8) is 0 Å². The highest BCUT2D eigenvalue weighted by atomic mass is 16.3. The average molecular weight is 236 g/mol. The number of aliphatic hydroxyl groups excluding tert-OH is 1. The Morgan fingerprint density at radius 3 is 2.59 bits per heavy atom. The monoisotopic (exact) mass is 236 g/mol. The third kappa shape index (κ3) is 3.22. The maximum Gasteiger partial charge on any atom is 0.0597 e. The summed E-state index contributed by atoms with van der Waals surface area (Å²) >= 11 is 0. The molecule has 0 bridgehead atoms. The second-order valence-electron chi connectivity index (χ2n) is 6.68. The van der Waals surface area contributed by atoms with Crippen LogP contribution >= 0.6 is 0 Å². The fourth-order valence-electron chi connectivity index (χ4n) is 2.32. The Labute approximate surface area is 107 Å². The van der Waals surface area contributed by atoms with Gasteiger partial charge in [0.2, 0.25) is 0 Å². The lowest BCUT2D eigenvalue weighted by Gasteiger charge is -2.39. The highest BCUT2D eigenvalue weighted by molar-refractivity contribution is 5.17. The molecule has 1 saturated carbocycles. The molecule has 98 valence electrons. The van der Waals surface area contributed by atoms with Crippen LogP contribution in [0.2, 0.25) is 0 Å². The molecular weight excluding hydrogens is 208 g/mol. The van der Waals surface area contributed by atoms with Crippen molar-refractivity contribution in [2.45, 2.75) is 60.0 Å². The smallest absolute Gasteiger partial charge is 0.0597 e. The second-order valence-corrected chi connectivity index (χ2v) is 6.68. The minimum atomic E-state index is -0.311. The molecule has 0 aliphatic heterocycles. The molecular formula is C16H28O. The summed E-state index contributed by atoms with van der Waals surface area (Å²) in [5.41, 5.74) is 1.42. The fraction of sp³-hybridized carbons (Fsp3) is 0.750. The van der Waals surface area contributed by atoms with Gasteiger partial charge in [0, 0.05) is 5.41 Å². The van der Waals surface area contributed by atoms with Crippen molar-refractivity contribution in [2.75, 3.05) is 0 Å². The van der Waals surface area contributed by atoms with Gasteiger partial charge in [-0.3, -0.25) is 0 Å². The van der Waals surface area contributed by atoms with E-state index in [1.54, 1.807) is 0 Å². The SMILES string of the molecule is C=C1CCCC(C=CC(C)(C)C(C)O)C1(C)C. The van der Waals surface area contributed by atoms with Crippen molar-refractivity contribution in [3.8, 4) is 0 Å². The van der Waals surface area contributed by atoms with Crippen molar-refractivity contribution in [3.05, 3.63) is 24.3 Å². The molecule has 1 heteroatoms. The fourth-order valence-corrected chi connectivity index (χ4v) is 2.32. The van der Waals surface area contributed by atoms with Crippen LogP contribution in [0.1, 0.15) is 53.9 Å². The first kappa shape index (κ1) is 14.5. The van der Waals surface area contributed by atoms with Crippen LogP contribution in [0.5, 0.6) is 0 Å². The van der Waals surface area contributed by atoms with E-state index in [1.807, 2.05) is 6.92 Å². The van der Waals surface area contributed by atoms with Gasteiger partial charge >= 0.3 is 0 Å². The summed E-state index contributed by atoms with van der Waals surface area (Å²) in [6.07, 6.45) is 7.82. The maximum absolute atomic E-state index is 9.72. The highest BCUT2D eigenvalue weighted by Crippen LogP contribution is 2.44. The lowest BCUT2D eigenvalue weighted by molar-refractivity contribution is 0.0986. The van der Waals surface area contributed by atoms with Crippen LogP contribution in [0, 0.1) is 16.7 Å². The summed E-state index contributed by atoms with van der Waals surface area (Å²) in [5.74, 6) is 0.557. The van der Waals surface area contributed by atoms with Crippen molar-refractivity contribution in [1.82, 2.24) is 0 Å². The molecule has 2 unspecified atom stereocenters. The van der Waals surface area contributed by atoms with Gasteiger partial charge in [0.25, 0.3) is 0 Å². The molecule has 1 fully saturated rings. The number of rotatable bonds is 3. The normalized spacial score (nSPS) is 27.4.